The molecule has 4 aromatic rings. The van der Waals surface area contributed by atoms with Gasteiger partial charge < -0.3 is 14.4 Å². The molecule has 2 aromatic carbocycles. The zero-order valence-corrected chi connectivity index (χ0v) is 18.7. The van der Waals surface area contributed by atoms with Crippen molar-refractivity contribution in [1.29, 1.82) is 0 Å². The van der Waals surface area contributed by atoms with Crippen molar-refractivity contribution in [2.24, 2.45) is 0 Å². The van der Waals surface area contributed by atoms with E-state index in [1.807, 2.05) is 0 Å². The minimum Gasteiger partial charge on any atom is -0.484 e. The van der Waals surface area contributed by atoms with E-state index >= 15 is 0 Å². The summed E-state index contributed by atoms with van der Waals surface area (Å²) in [5, 5.41) is 15.4. The van der Waals surface area contributed by atoms with E-state index in [-0.39, 0.29) is 24.4 Å². The maximum Gasteiger partial charge on any atom is 0.422 e. The molecule has 0 aliphatic carbocycles. The third-order valence-corrected chi connectivity index (χ3v) is 5.29. The fraction of sp³-hybridized carbons (Fsp3) is 0.200. The molecule has 0 saturated carbocycles. The number of halogens is 5. The number of hydrogen-bond acceptors (Lipinski definition) is 4. The smallest absolute Gasteiger partial charge is 0.422 e. The summed E-state index contributed by atoms with van der Waals surface area (Å²) in [7, 11) is 0. The third kappa shape index (κ3) is 6.57. The number of nitrogens with zero attached hydrogens (tertiary/aromatic N) is 4. The second-order valence-electron chi connectivity index (χ2n) is 8.17. The van der Waals surface area contributed by atoms with Crippen LogP contribution in [-0.4, -0.2) is 37.2 Å². The van der Waals surface area contributed by atoms with Gasteiger partial charge in [0.25, 0.3) is 0 Å². The molecule has 0 spiro atoms. The highest BCUT2D eigenvalue weighted by Gasteiger charge is 2.34. The topological polar surface area (TPSA) is 65.1 Å². The van der Waals surface area contributed by atoms with Gasteiger partial charge in [-0.15, -0.1) is 0 Å². The molecule has 36 heavy (non-hydrogen) atoms. The van der Waals surface area contributed by atoms with Crippen LogP contribution in [0.5, 0.6) is 5.75 Å². The van der Waals surface area contributed by atoms with E-state index in [2.05, 4.69) is 10.1 Å². The zero-order valence-electron chi connectivity index (χ0n) is 18.7. The second-order valence-corrected chi connectivity index (χ2v) is 8.17. The van der Waals surface area contributed by atoms with E-state index in [1.165, 1.54) is 35.5 Å². The Morgan fingerprint density at radius 3 is 2.36 bits per heavy atom. The van der Waals surface area contributed by atoms with E-state index in [0.29, 0.717) is 6.07 Å². The number of hydrogen-bond donors (Lipinski definition) is 1. The third-order valence-electron chi connectivity index (χ3n) is 5.29. The van der Waals surface area contributed by atoms with Crippen LogP contribution in [0.2, 0.25) is 0 Å². The Morgan fingerprint density at radius 1 is 0.944 bits per heavy atom. The van der Waals surface area contributed by atoms with Gasteiger partial charge in [0.15, 0.2) is 6.61 Å². The molecule has 1 atom stereocenters. The molecule has 0 amide bonds. The monoisotopic (exact) mass is 504 g/mol. The summed E-state index contributed by atoms with van der Waals surface area (Å²) >= 11 is 0. The lowest BCUT2D eigenvalue weighted by atomic mass is 9.92. The first-order valence-electron chi connectivity index (χ1n) is 10.7. The molecule has 6 nitrogen and oxygen atoms in total. The molecule has 0 saturated heterocycles. The first kappa shape index (κ1) is 25.1. The summed E-state index contributed by atoms with van der Waals surface area (Å²) in [6.45, 7) is -1.54. The molecule has 0 aliphatic rings. The summed E-state index contributed by atoms with van der Waals surface area (Å²) in [6, 6.07) is 10.9. The minimum atomic E-state index is -4.41. The first-order chi connectivity index (χ1) is 17.1. The van der Waals surface area contributed by atoms with E-state index in [4.69, 9.17) is 4.74 Å². The van der Waals surface area contributed by atoms with Crippen LogP contribution in [0.1, 0.15) is 16.7 Å². The van der Waals surface area contributed by atoms with Crippen LogP contribution in [0.4, 0.5) is 22.0 Å². The normalized spacial score (nSPS) is 13.7. The predicted molar refractivity (Wildman–Crippen MR) is 122 cm³/mol. The highest BCUT2D eigenvalue weighted by atomic mass is 19.4. The minimum absolute atomic E-state index is 0.0610. The van der Waals surface area contributed by atoms with Crippen LogP contribution in [0.3, 0.4) is 0 Å². The Balaban J connectivity index is 1.48. The maximum atomic E-state index is 14.6. The maximum absolute atomic E-state index is 14.6. The molecule has 0 bridgehead atoms. The lowest BCUT2D eigenvalue weighted by Crippen LogP contribution is -2.37. The number of aromatic nitrogens is 4. The molecule has 0 fully saturated rings. The zero-order chi connectivity index (χ0) is 25.8. The van der Waals surface area contributed by atoms with Crippen molar-refractivity contribution in [3.05, 3.63) is 102 Å². The molecule has 2 heterocycles. The van der Waals surface area contributed by atoms with Crippen molar-refractivity contribution in [3.63, 3.8) is 0 Å². The van der Waals surface area contributed by atoms with E-state index < -0.39 is 30.0 Å². The Bertz CT molecular complexity index is 1320. The molecule has 0 radical (unpaired) electrons. The highest BCUT2D eigenvalue weighted by molar-refractivity contribution is 5.69. The van der Waals surface area contributed by atoms with Crippen molar-refractivity contribution in [2.75, 3.05) is 6.61 Å². The van der Waals surface area contributed by atoms with Crippen LogP contribution in [0.25, 0.3) is 12.2 Å². The average Bonchev–Trinajstić information content (AvgIpc) is 3.48. The number of rotatable bonds is 9. The summed E-state index contributed by atoms with van der Waals surface area (Å²) < 4.78 is 72.6. The summed E-state index contributed by atoms with van der Waals surface area (Å²) in [4.78, 5) is 3.84. The molecule has 1 N–H and O–H groups in total. The van der Waals surface area contributed by atoms with Gasteiger partial charge in [-0.2, -0.15) is 18.3 Å². The van der Waals surface area contributed by atoms with Crippen molar-refractivity contribution in [1.82, 2.24) is 19.3 Å². The lowest BCUT2D eigenvalue weighted by molar-refractivity contribution is -0.153. The lowest BCUT2D eigenvalue weighted by Gasteiger charge is -2.29. The quantitative estimate of drug-likeness (QED) is 0.324. The first-order valence-corrected chi connectivity index (χ1v) is 10.7. The Morgan fingerprint density at radius 2 is 1.69 bits per heavy atom. The van der Waals surface area contributed by atoms with Gasteiger partial charge in [-0.25, -0.2) is 18.4 Å². The van der Waals surface area contributed by atoms with Gasteiger partial charge in [0, 0.05) is 24.0 Å². The molecule has 188 valence electrons. The van der Waals surface area contributed by atoms with Gasteiger partial charge in [0.1, 0.15) is 35.6 Å². The van der Waals surface area contributed by atoms with Crippen LogP contribution >= 0.6 is 0 Å². The van der Waals surface area contributed by atoms with Gasteiger partial charge in [-0.05, 0) is 35.4 Å². The van der Waals surface area contributed by atoms with Gasteiger partial charge in [0.2, 0.25) is 0 Å². The van der Waals surface area contributed by atoms with Crippen LogP contribution in [0, 0.1) is 11.6 Å². The number of ether oxygens (including phenoxy) is 1. The number of benzene rings is 2. The number of alkyl halides is 3. The SMILES string of the molecule is OC(Cn1ccc(/C=C/c2ccc(OCC(F)(F)F)cc2)c1)(Cn1cncn1)c1ccc(F)cc1F. The average molecular weight is 504 g/mol. The number of aliphatic hydroxyl groups is 1. The molecule has 4 rings (SSSR count). The van der Waals surface area contributed by atoms with Crippen LogP contribution < -0.4 is 4.74 Å². The van der Waals surface area contributed by atoms with Gasteiger partial charge in [0.05, 0.1) is 13.1 Å². The highest BCUT2D eigenvalue weighted by Crippen LogP contribution is 2.29. The largest absolute Gasteiger partial charge is 0.484 e. The van der Waals surface area contributed by atoms with Gasteiger partial charge in [-0.1, -0.05) is 30.4 Å². The van der Waals surface area contributed by atoms with Crippen molar-refractivity contribution in [3.8, 4) is 5.75 Å². The van der Waals surface area contributed by atoms with Crippen LogP contribution in [-0.2, 0) is 18.7 Å². The Labute approximate surface area is 202 Å². The van der Waals surface area contributed by atoms with E-state index in [0.717, 1.165) is 17.2 Å². The molecular weight excluding hydrogens is 483 g/mol. The van der Waals surface area contributed by atoms with Crippen LogP contribution in [0.15, 0.2) is 73.6 Å². The van der Waals surface area contributed by atoms with Crippen molar-refractivity contribution >= 4 is 12.2 Å². The second kappa shape index (κ2) is 10.3. The molecule has 1 unspecified atom stereocenters. The summed E-state index contributed by atoms with van der Waals surface area (Å²) in [5.74, 6) is -1.53. The van der Waals surface area contributed by atoms with E-state index in [9.17, 15) is 27.1 Å². The van der Waals surface area contributed by atoms with Gasteiger partial charge >= 0.3 is 6.18 Å². The van der Waals surface area contributed by atoms with Crippen molar-refractivity contribution in [2.45, 2.75) is 24.9 Å². The molecule has 11 heteroatoms. The fourth-order valence-corrected chi connectivity index (χ4v) is 3.66. The summed E-state index contributed by atoms with van der Waals surface area (Å²) in [6.07, 6.45) is 5.22. The standard InChI is InChI=1S/C25H21F5N4O2/c26-20-5-8-22(23(27)11-20)24(35,14-34-17-31-16-32-34)13-33-10-9-19(12-33)2-1-18-3-6-21(7-4-18)36-15-25(28,29)30/h1-12,16-17,35H,13-15H2/b2-1+. The molecule has 0 aliphatic heterocycles. The van der Waals surface area contributed by atoms with Gasteiger partial charge in [-0.3, -0.25) is 0 Å². The fourth-order valence-electron chi connectivity index (χ4n) is 3.66. The Kier molecular flexibility index (Phi) is 7.20. The summed E-state index contributed by atoms with van der Waals surface area (Å²) in [5.41, 5.74) is -0.358. The Hall–Kier alpha value is -3.99. The molecule has 2 aromatic heterocycles. The molecular formula is C25H21F5N4O2. The van der Waals surface area contributed by atoms with E-state index in [1.54, 1.807) is 47.3 Å². The van der Waals surface area contributed by atoms with Crippen molar-refractivity contribution < 1.29 is 31.8 Å². The predicted octanol–water partition coefficient (Wildman–Crippen LogP) is 5.06.